The number of thiazole rings is 1. The van der Waals surface area contributed by atoms with Gasteiger partial charge in [0.2, 0.25) is 0 Å². The van der Waals surface area contributed by atoms with Crippen LogP contribution in [0.3, 0.4) is 0 Å². The van der Waals surface area contributed by atoms with Crippen LogP contribution in [0.1, 0.15) is 29.9 Å². The number of nitrogens with zero attached hydrogens (tertiary/aromatic N) is 3. The number of carbonyl (C=O) groups is 2. The van der Waals surface area contributed by atoms with E-state index < -0.39 is 41.2 Å². The van der Waals surface area contributed by atoms with Crippen molar-refractivity contribution in [2.45, 2.75) is 32.7 Å². The fourth-order valence-corrected chi connectivity index (χ4v) is 5.03. The van der Waals surface area contributed by atoms with E-state index in [0.29, 0.717) is 30.4 Å². The summed E-state index contributed by atoms with van der Waals surface area (Å²) in [5.41, 5.74) is -3.51. The molecule has 0 bridgehead atoms. The van der Waals surface area contributed by atoms with Crippen LogP contribution in [0.4, 0.5) is 13.2 Å². The number of halogens is 5. The lowest BCUT2D eigenvalue weighted by atomic mass is 10.2. The quantitative estimate of drug-likeness (QED) is 0.319. The first-order valence-corrected chi connectivity index (χ1v) is 13.0. The lowest BCUT2D eigenvalue weighted by Gasteiger charge is -2.15. The number of aromatic nitrogens is 3. The second-order valence-electron chi connectivity index (χ2n) is 8.60. The summed E-state index contributed by atoms with van der Waals surface area (Å²) in [4.78, 5) is 58.2. The van der Waals surface area contributed by atoms with Gasteiger partial charge < -0.3 is 9.84 Å². The number of para-hydroxylation sites is 1. The van der Waals surface area contributed by atoms with Crippen molar-refractivity contribution < 1.29 is 32.6 Å². The van der Waals surface area contributed by atoms with Crippen LogP contribution in [0.5, 0.6) is 0 Å². The van der Waals surface area contributed by atoms with Gasteiger partial charge in [0.15, 0.2) is 0 Å². The zero-order chi connectivity index (χ0) is 30.8. The fourth-order valence-electron chi connectivity index (χ4n) is 3.58. The number of rotatable bonds is 5. The molecule has 0 aliphatic rings. The minimum Gasteiger partial charge on any atom is -0.480 e. The maximum Gasteiger partial charge on any atom is 0.431 e. The van der Waals surface area contributed by atoms with Crippen LogP contribution in [-0.2, 0) is 29.3 Å². The van der Waals surface area contributed by atoms with Gasteiger partial charge in [0, 0.05) is 13.1 Å². The van der Waals surface area contributed by atoms with Gasteiger partial charge in [0.25, 0.3) is 5.56 Å². The average Bonchev–Trinajstić information content (AvgIpc) is 3.17. The largest absolute Gasteiger partial charge is 0.480 e. The van der Waals surface area contributed by atoms with Crippen molar-refractivity contribution in [3.05, 3.63) is 94.3 Å². The first kappa shape index (κ1) is 31.6. The Morgan fingerprint density at radius 3 is 2.29 bits per heavy atom. The molecule has 218 valence electrons. The van der Waals surface area contributed by atoms with E-state index in [0.717, 1.165) is 24.5 Å². The topological polar surface area (TPSA) is 130 Å². The highest BCUT2D eigenvalue weighted by atomic mass is 35.5. The summed E-state index contributed by atoms with van der Waals surface area (Å²) in [5, 5.41) is 9.07. The van der Waals surface area contributed by atoms with Crippen LogP contribution in [0.25, 0.3) is 15.9 Å². The molecule has 4 rings (SSSR count). The number of ether oxygens (including phenoxy) is 1. The Labute approximate surface area is 242 Å². The summed E-state index contributed by atoms with van der Waals surface area (Å²) >= 11 is 12.8. The van der Waals surface area contributed by atoms with Gasteiger partial charge in [-0.1, -0.05) is 40.6 Å². The summed E-state index contributed by atoms with van der Waals surface area (Å²) < 4.78 is 46.4. The molecule has 0 aliphatic carbocycles. The summed E-state index contributed by atoms with van der Waals surface area (Å²) in [5.74, 6) is -1.85. The van der Waals surface area contributed by atoms with Crippen LogP contribution in [0, 0.1) is 0 Å². The predicted octanol–water partition coefficient (Wildman–Crippen LogP) is 4.57. The number of hydrogen-bond acceptors (Lipinski definition) is 7. The van der Waals surface area contributed by atoms with Crippen LogP contribution >= 0.6 is 34.5 Å². The van der Waals surface area contributed by atoms with Gasteiger partial charge in [0.1, 0.15) is 12.2 Å². The minimum atomic E-state index is -4.86. The van der Waals surface area contributed by atoms with E-state index in [2.05, 4.69) is 0 Å². The third kappa shape index (κ3) is 7.07. The Balaban J connectivity index is 0.000000260. The zero-order valence-electron chi connectivity index (χ0n) is 21.4. The molecule has 4 aromatic rings. The number of benzene rings is 2. The van der Waals surface area contributed by atoms with E-state index in [4.69, 9.17) is 33.0 Å². The molecule has 16 heteroatoms. The SMILES string of the molecule is CC(C)OC(=O)c1cc(-n2c(=O)cc(C(F)(F)F)n(C)c2=O)ccc1Cl.O=C(O)Cn1c(=O)sc2cccc(Cl)c21. The van der Waals surface area contributed by atoms with Crippen molar-refractivity contribution in [3.63, 3.8) is 0 Å². The highest BCUT2D eigenvalue weighted by Crippen LogP contribution is 2.27. The third-order valence-electron chi connectivity index (χ3n) is 5.31. The van der Waals surface area contributed by atoms with Gasteiger partial charge in [-0.2, -0.15) is 13.2 Å². The molecule has 1 N–H and O–H groups in total. The van der Waals surface area contributed by atoms with Crippen LogP contribution in [-0.4, -0.2) is 36.9 Å². The first-order chi connectivity index (χ1) is 19.0. The molecule has 0 saturated heterocycles. The molecule has 0 spiro atoms. The molecule has 0 atom stereocenters. The summed E-state index contributed by atoms with van der Waals surface area (Å²) in [6.07, 6.45) is -5.30. The van der Waals surface area contributed by atoms with Crippen LogP contribution < -0.4 is 16.1 Å². The number of esters is 1. The molecule has 0 unspecified atom stereocenters. The molecule has 2 aromatic carbocycles. The number of fused-ring (bicyclic) bond motifs is 1. The van der Waals surface area contributed by atoms with Crippen molar-refractivity contribution in [3.8, 4) is 5.69 Å². The second kappa shape index (κ2) is 12.3. The van der Waals surface area contributed by atoms with E-state index in [9.17, 15) is 37.1 Å². The van der Waals surface area contributed by atoms with Gasteiger partial charge >= 0.3 is 28.7 Å². The molecule has 10 nitrogen and oxygen atoms in total. The number of carboxylic acid groups (broad SMARTS) is 1. The van der Waals surface area contributed by atoms with Gasteiger partial charge in [0.05, 0.1) is 37.6 Å². The standard InChI is InChI=1S/C16H14ClF3N2O4.C9H6ClNO3S/c1-8(2)26-14(24)10-6-9(4-5-11(10)17)22-13(23)7-12(16(18,19)20)21(3)15(22)25;10-5-2-1-3-6-8(5)11(4-7(12)13)9(14)15-6/h4-8H,1-3H3;1-3H,4H2,(H,12,13). The Hall–Kier alpha value is -3.88. The normalized spacial score (nSPS) is 11.3. The van der Waals surface area contributed by atoms with Crippen LogP contribution in [0.15, 0.2) is 56.8 Å². The van der Waals surface area contributed by atoms with Crippen molar-refractivity contribution in [2.75, 3.05) is 0 Å². The lowest BCUT2D eigenvalue weighted by molar-refractivity contribution is -0.144. The molecule has 2 aromatic heterocycles. The summed E-state index contributed by atoms with van der Waals surface area (Å²) in [6, 6.07) is 9.01. The molecule has 41 heavy (non-hydrogen) atoms. The van der Waals surface area contributed by atoms with E-state index in [1.165, 1.54) is 16.7 Å². The number of hydrogen-bond donors (Lipinski definition) is 1. The van der Waals surface area contributed by atoms with Gasteiger partial charge in [-0.3, -0.25) is 23.5 Å². The molecule has 0 aliphatic heterocycles. The van der Waals surface area contributed by atoms with Crippen molar-refractivity contribution in [1.82, 2.24) is 13.7 Å². The van der Waals surface area contributed by atoms with Crippen molar-refractivity contribution >= 4 is 56.7 Å². The highest BCUT2D eigenvalue weighted by Gasteiger charge is 2.35. The Bertz CT molecular complexity index is 1820. The smallest absolute Gasteiger partial charge is 0.431 e. The molecule has 2 heterocycles. The average molecular weight is 634 g/mol. The maximum atomic E-state index is 12.9. The summed E-state index contributed by atoms with van der Waals surface area (Å²) in [6.45, 7) is 2.88. The van der Waals surface area contributed by atoms with Gasteiger partial charge in [-0.25, -0.2) is 14.2 Å². The Morgan fingerprint density at radius 1 is 1.05 bits per heavy atom. The number of carboxylic acids is 1. The summed E-state index contributed by atoms with van der Waals surface area (Å²) in [7, 11) is 0.894. The third-order valence-corrected chi connectivity index (χ3v) is 6.89. The lowest BCUT2D eigenvalue weighted by Crippen LogP contribution is -2.40. The molecule has 0 saturated carbocycles. The molecular formula is C25H20Cl2F3N3O7S. The molecular weight excluding hydrogens is 614 g/mol. The van der Waals surface area contributed by atoms with E-state index in [1.54, 1.807) is 32.0 Å². The van der Waals surface area contributed by atoms with Gasteiger partial charge in [-0.15, -0.1) is 0 Å². The fraction of sp³-hybridized carbons (Fsp3) is 0.240. The maximum absolute atomic E-state index is 12.9. The number of carbonyl (C=O) groups excluding carboxylic acids is 1. The van der Waals surface area contributed by atoms with E-state index in [-0.39, 0.29) is 27.7 Å². The van der Waals surface area contributed by atoms with Gasteiger partial charge in [-0.05, 0) is 44.2 Å². The van der Waals surface area contributed by atoms with Crippen LogP contribution in [0.2, 0.25) is 10.0 Å². The molecule has 0 amide bonds. The monoisotopic (exact) mass is 633 g/mol. The Kier molecular flexibility index (Phi) is 9.51. The van der Waals surface area contributed by atoms with Crippen molar-refractivity contribution in [1.29, 1.82) is 0 Å². The second-order valence-corrected chi connectivity index (χ2v) is 10.4. The first-order valence-electron chi connectivity index (χ1n) is 11.4. The minimum absolute atomic E-state index is 0.0104. The zero-order valence-corrected chi connectivity index (χ0v) is 23.7. The van der Waals surface area contributed by atoms with E-state index >= 15 is 0 Å². The molecule has 0 radical (unpaired) electrons. The van der Waals surface area contributed by atoms with E-state index in [1.807, 2.05) is 0 Å². The predicted molar refractivity (Wildman–Crippen MR) is 147 cm³/mol. The Morgan fingerprint density at radius 2 is 1.71 bits per heavy atom. The van der Waals surface area contributed by atoms with Crippen molar-refractivity contribution in [2.24, 2.45) is 7.05 Å². The number of aliphatic carboxylic acids is 1. The highest BCUT2D eigenvalue weighted by molar-refractivity contribution is 7.16. The number of alkyl halides is 3. The molecule has 0 fully saturated rings.